The van der Waals surface area contributed by atoms with Gasteiger partial charge in [-0.15, -0.1) is 0 Å². The second-order valence-electron chi connectivity index (χ2n) is 4.82. The maximum atomic E-state index is 13.9. The average Bonchev–Trinajstić information content (AvgIpc) is 2.73. The fourth-order valence-electron chi connectivity index (χ4n) is 2.92. The summed E-state index contributed by atoms with van der Waals surface area (Å²) < 4.78 is 19.2. The van der Waals surface area contributed by atoms with Crippen LogP contribution in [0.5, 0.6) is 0 Å². The summed E-state index contributed by atoms with van der Waals surface area (Å²) in [6.07, 6.45) is 1.12. The first kappa shape index (κ1) is 10.2. The van der Waals surface area contributed by atoms with E-state index in [0.717, 1.165) is 25.1 Å². The number of benzene rings is 1. The van der Waals surface area contributed by atoms with Crippen molar-refractivity contribution in [1.29, 1.82) is 0 Å². The third kappa shape index (κ3) is 1.39. The van der Waals surface area contributed by atoms with Gasteiger partial charge in [-0.3, -0.25) is 0 Å². The SMILES string of the molecule is Fc1ccccc1C1(C2CCNC2)COC1. The van der Waals surface area contributed by atoms with E-state index < -0.39 is 0 Å². The molecule has 1 aromatic rings. The molecule has 2 aliphatic heterocycles. The number of halogens is 1. The van der Waals surface area contributed by atoms with Crippen molar-refractivity contribution in [1.82, 2.24) is 5.32 Å². The molecule has 0 bridgehead atoms. The van der Waals surface area contributed by atoms with Gasteiger partial charge >= 0.3 is 0 Å². The highest BCUT2D eigenvalue weighted by atomic mass is 19.1. The summed E-state index contributed by atoms with van der Waals surface area (Å²) in [6.45, 7) is 3.36. The molecule has 2 aliphatic rings. The van der Waals surface area contributed by atoms with Crippen molar-refractivity contribution in [2.75, 3.05) is 26.3 Å². The van der Waals surface area contributed by atoms with Gasteiger partial charge in [0, 0.05) is 5.41 Å². The number of hydrogen-bond donors (Lipinski definition) is 1. The molecule has 0 aromatic heterocycles. The van der Waals surface area contributed by atoms with Gasteiger partial charge in [0.05, 0.1) is 13.2 Å². The minimum Gasteiger partial charge on any atom is -0.379 e. The van der Waals surface area contributed by atoms with Crippen LogP contribution in [0, 0.1) is 11.7 Å². The molecule has 0 saturated carbocycles. The van der Waals surface area contributed by atoms with Crippen LogP contribution in [0.3, 0.4) is 0 Å². The second kappa shape index (κ2) is 3.82. The lowest BCUT2D eigenvalue weighted by Gasteiger charge is -2.46. The third-order valence-corrected chi connectivity index (χ3v) is 3.97. The molecule has 1 atom stereocenters. The Labute approximate surface area is 94.8 Å². The number of ether oxygens (including phenoxy) is 1. The molecule has 16 heavy (non-hydrogen) atoms. The van der Waals surface area contributed by atoms with Crippen LogP contribution in [0.2, 0.25) is 0 Å². The van der Waals surface area contributed by atoms with Crippen LogP contribution in [0.4, 0.5) is 4.39 Å². The van der Waals surface area contributed by atoms with Crippen LogP contribution in [-0.4, -0.2) is 26.3 Å². The van der Waals surface area contributed by atoms with Crippen molar-refractivity contribution in [2.24, 2.45) is 5.92 Å². The molecule has 1 unspecified atom stereocenters. The molecule has 2 saturated heterocycles. The van der Waals surface area contributed by atoms with Gasteiger partial charge in [-0.05, 0) is 37.1 Å². The number of nitrogens with one attached hydrogen (secondary N) is 1. The number of rotatable bonds is 2. The predicted molar refractivity (Wildman–Crippen MR) is 59.9 cm³/mol. The molecule has 3 heteroatoms. The van der Waals surface area contributed by atoms with Crippen LogP contribution in [-0.2, 0) is 10.2 Å². The van der Waals surface area contributed by atoms with Gasteiger partial charge in [0.1, 0.15) is 5.82 Å². The highest BCUT2D eigenvalue weighted by molar-refractivity contribution is 5.31. The maximum absolute atomic E-state index is 13.9. The smallest absolute Gasteiger partial charge is 0.127 e. The van der Waals surface area contributed by atoms with Gasteiger partial charge in [0.25, 0.3) is 0 Å². The third-order valence-electron chi connectivity index (χ3n) is 3.97. The Morgan fingerprint density at radius 2 is 2.12 bits per heavy atom. The van der Waals surface area contributed by atoms with Crippen LogP contribution < -0.4 is 5.32 Å². The van der Waals surface area contributed by atoms with E-state index in [9.17, 15) is 4.39 Å². The van der Waals surface area contributed by atoms with Crippen molar-refractivity contribution in [3.8, 4) is 0 Å². The van der Waals surface area contributed by atoms with Crippen molar-refractivity contribution < 1.29 is 9.13 Å². The molecule has 0 aliphatic carbocycles. The second-order valence-corrected chi connectivity index (χ2v) is 4.82. The number of hydrogen-bond acceptors (Lipinski definition) is 2. The van der Waals surface area contributed by atoms with Crippen LogP contribution in [0.15, 0.2) is 24.3 Å². The lowest BCUT2D eigenvalue weighted by atomic mass is 9.68. The highest BCUT2D eigenvalue weighted by Crippen LogP contribution is 2.42. The van der Waals surface area contributed by atoms with Crippen molar-refractivity contribution >= 4 is 0 Å². The molecule has 0 radical (unpaired) electrons. The first-order valence-corrected chi connectivity index (χ1v) is 5.86. The Bertz CT molecular complexity index is 383. The Morgan fingerprint density at radius 1 is 1.31 bits per heavy atom. The molecule has 2 fully saturated rings. The van der Waals surface area contributed by atoms with E-state index in [0.29, 0.717) is 19.1 Å². The zero-order valence-electron chi connectivity index (χ0n) is 9.21. The largest absolute Gasteiger partial charge is 0.379 e. The maximum Gasteiger partial charge on any atom is 0.127 e. The van der Waals surface area contributed by atoms with Gasteiger partial charge < -0.3 is 10.1 Å². The summed E-state index contributed by atoms with van der Waals surface area (Å²) in [7, 11) is 0. The normalized spacial score (nSPS) is 27.7. The molecule has 0 spiro atoms. The zero-order valence-corrected chi connectivity index (χ0v) is 9.21. The fraction of sp³-hybridized carbons (Fsp3) is 0.538. The molecule has 3 rings (SSSR count). The average molecular weight is 221 g/mol. The predicted octanol–water partition coefficient (Wildman–Crippen LogP) is 1.70. The summed E-state index contributed by atoms with van der Waals surface area (Å²) in [5.74, 6) is 0.427. The van der Waals surface area contributed by atoms with Crippen LogP contribution in [0.1, 0.15) is 12.0 Å². The van der Waals surface area contributed by atoms with Crippen LogP contribution >= 0.6 is 0 Å². The van der Waals surface area contributed by atoms with E-state index in [1.807, 2.05) is 12.1 Å². The van der Waals surface area contributed by atoms with Crippen molar-refractivity contribution in [2.45, 2.75) is 11.8 Å². The Kier molecular flexibility index (Phi) is 2.45. The molecule has 2 nitrogen and oxygen atoms in total. The van der Waals surface area contributed by atoms with E-state index in [4.69, 9.17) is 4.74 Å². The van der Waals surface area contributed by atoms with E-state index >= 15 is 0 Å². The van der Waals surface area contributed by atoms with Gasteiger partial charge in [-0.1, -0.05) is 18.2 Å². The molecule has 86 valence electrons. The van der Waals surface area contributed by atoms with Gasteiger partial charge in [-0.25, -0.2) is 4.39 Å². The van der Waals surface area contributed by atoms with Crippen molar-refractivity contribution in [3.05, 3.63) is 35.6 Å². The Morgan fingerprint density at radius 3 is 2.69 bits per heavy atom. The quantitative estimate of drug-likeness (QED) is 0.820. The lowest BCUT2D eigenvalue weighted by molar-refractivity contribution is -0.0885. The minimum absolute atomic E-state index is 0.0746. The molecule has 1 aromatic carbocycles. The topological polar surface area (TPSA) is 21.3 Å². The summed E-state index contributed by atoms with van der Waals surface area (Å²) in [5.41, 5.74) is 0.768. The van der Waals surface area contributed by atoms with Gasteiger partial charge in [0.2, 0.25) is 0 Å². The molecule has 2 heterocycles. The van der Waals surface area contributed by atoms with E-state index in [-0.39, 0.29) is 11.2 Å². The van der Waals surface area contributed by atoms with Crippen molar-refractivity contribution in [3.63, 3.8) is 0 Å². The first-order chi connectivity index (χ1) is 7.83. The molecular weight excluding hydrogens is 205 g/mol. The summed E-state index contributed by atoms with van der Waals surface area (Å²) >= 11 is 0. The first-order valence-electron chi connectivity index (χ1n) is 5.86. The standard InChI is InChI=1S/C13H16FNO/c14-12-4-2-1-3-11(12)13(8-16-9-13)10-5-6-15-7-10/h1-4,10,15H,5-9H2. The lowest BCUT2D eigenvalue weighted by Crippen LogP contribution is -2.53. The van der Waals surface area contributed by atoms with E-state index in [2.05, 4.69) is 5.32 Å². The molecule has 1 N–H and O–H groups in total. The van der Waals surface area contributed by atoms with E-state index in [1.165, 1.54) is 0 Å². The van der Waals surface area contributed by atoms with Gasteiger partial charge in [0.15, 0.2) is 0 Å². The molecular formula is C13H16FNO. The Balaban J connectivity index is 1.98. The van der Waals surface area contributed by atoms with E-state index in [1.54, 1.807) is 12.1 Å². The zero-order chi connectivity index (χ0) is 11.0. The monoisotopic (exact) mass is 221 g/mol. The van der Waals surface area contributed by atoms with Crippen LogP contribution in [0.25, 0.3) is 0 Å². The summed E-state index contributed by atoms with van der Waals surface area (Å²) in [6, 6.07) is 7.13. The summed E-state index contributed by atoms with van der Waals surface area (Å²) in [5, 5.41) is 3.36. The Hall–Kier alpha value is -0.930. The fourth-order valence-corrected chi connectivity index (χ4v) is 2.92. The van der Waals surface area contributed by atoms with Gasteiger partial charge in [-0.2, -0.15) is 0 Å². The molecule has 0 amide bonds. The highest BCUT2D eigenvalue weighted by Gasteiger charge is 2.48. The minimum atomic E-state index is -0.0855. The summed E-state index contributed by atoms with van der Waals surface area (Å²) in [4.78, 5) is 0.